The lowest BCUT2D eigenvalue weighted by Gasteiger charge is -2.16. The number of benzene rings is 4. The third kappa shape index (κ3) is 8.89. The van der Waals surface area contributed by atoms with E-state index in [1.54, 1.807) is 104 Å². The van der Waals surface area contributed by atoms with Gasteiger partial charge in [0.1, 0.15) is 17.2 Å². The number of nitrogens with one attached hydrogen (secondary N) is 3. The Labute approximate surface area is 265 Å². The molecule has 4 aromatic carbocycles. The summed E-state index contributed by atoms with van der Waals surface area (Å²) in [7, 11) is 3.06. The molecule has 0 aliphatic heterocycles. The fourth-order valence-corrected chi connectivity index (χ4v) is 5.26. The van der Waals surface area contributed by atoms with Gasteiger partial charge in [-0.1, -0.05) is 42.8 Å². The highest BCUT2D eigenvalue weighted by Crippen LogP contribution is 2.30. The van der Waals surface area contributed by atoms with Crippen LogP contribution in [0.2, 0.25) is 5.02 Å². The van der Waals surface area contributed by atoms with Crippen LogP contribution in [0.25, 0.3) is 6.08 Å². The lowest BCUT2D eigenvalue weighted by Crippen LogP contribution is -2.30. The van der Waals surface area contributed by atoms with E-state index in [4.69, 9.17) is 21.1 Å². The molecule has 44 heavy (non-hydrogen) atoms. The van der Waals surface area contributed by atoms with Gasteiger partial charge in [0.05, 0.1) is 19.5 Å². The van der Waals surface area contributed by atoms with Crippen LogP contribution < -0.4 is 25.4 Å². The van der Waals surface area contributed by atoms with E-state index in [1.165, 1.54) is 18.9 Å². The minimum atomic E-state index is -0.540. The maximum atomic E-state index is 13.6. The van der Waals surface area contributed by atoms with Crippen LogP contribution in [0, 0.1) is 0 Å². The summed E-state index contributed by atoms with van der Waals surface area (Å²) in [6.45, 7) is 1.94. The average Bonchev–Trinajstić information content (AvgIpc) is 3.04. The topological polar surface area (TPSA) is 106 Å². The van der Waals surface area contributed by atoms with Crippen molar-refractivity contribution in [3.63, 3.8) is 0 Å². The standard InChI is InChI=1S/C34H32ClN3O5S/c1-4-31(34(41)36-25-16-14-24(35)15-17-25)44-28-12-8-11-26(20-28)37-33(40)29(38-32(39)22-9-6-5-7-10-22)19-23-13-18-27(42-2)21-30(23)43-3/h5-21,31H,4H2,1-3H3,(H,36,41)(H,37,40)(H,38,39)/b29-19+. The molecular weight excluding hydrogens is 598 g/mol. The minimum Gasteiger partial charge on any atom is -0.497 e. The van der Waals surface area contributed by atoms with Crippen molar-refractivity contribution in [1.82, 2.24) is 5.32 Å². The van der Waals surface area contributed by atoms with E-state index in [9.17, 15) is 14.4 Å². The molecule has 3 N–H and O–H groups in total. The number of ether oxygens (including phenoxy) is 2. The zero-order valence-corrected chi connectivity index (χ0v) is 26.0. The monoisotopic (exact) mass is 629 g/mol. The Morgan fingerprint density at radius 2 is 1.59 bits per heavy atom. The van der Waals surface area contributed by atoms with Crippen molar-refractivity contribution in [1.29, 1.82) is 0 Å². The van der Waals surface area contributed by atoms with Gasteiger partial charge in [-0.2, -0.15) is 0 Å². The molecule has 0 aromatic heterocycles. The van der Waals surface area contributed by atoms with Gasteiger partial charge in [0.15, 0.2) is 0 Å². The van der Waals surface area contributed by atoms with E-state index < -0.39 is 11.8 Å². The largest absolute Gasteiger partial charge is 0.497 e. The van der Waals surface area contributed by atoms with Crippen molar-refractivity contribution in [3.8, 4) is 11.5 Å². The SMILES string of the molecule is CCC(Sc1cccc(NC(=O)/C(=C\c2ccc(OC)cc2OC)NC(=O)c2ccccc2)c1)C(=O)Nc1ccc(Cl)cc1. The fraction of sp³-hybridized carbons (Fsp3) is 0.147. The molecule has 0 fully saturated rings. The smallest absolute Gasteiger partial charge is 0.272 e. The summed E-state index contributed by atoms with van der Waals surface area (Å²) < 4.78 is 10.8. The lowest BCUT2D eigenvalue weighted by molar-refractivity contribution is -0.116. The molecular formula is C34H32ClN3O5S. The van der Waals surface area contributed by atoms with Gasteiger partial charge in [-0.15, -0.1) is 11.8 Å². The molecule has 0 heterocycles. The first kappa shape index (κ1) is 32.2. The van der Waals surface area contributed by atoms with Gasteiger partial charge >= 0.3 is 0 Å². The van der Waals surface area contributed by atoms with Crippen LogP contribution in [0.1, 0.15) is 29.3 Å². The van der Waals surface area contributed by atoms with Gasteiger partial charge in [0, 0.05) is 38.5 Å². The molecule has 0 aliphatic rings. The fourth-order valence-electron chi connectivity index (χ4n) is 4.12. The van der Waals surface area contributed by atoms with Crippen molar-refractivity contribution in [2.24, 2.45) is 0 Å². The van der Waals surface area contributed by atoms with E-state index in [-0.39, 0.29) is 16.9 Å². The molecule has 0 saturated heterocycles. The summed E-state index contributed by atoms with van der Waals surface area (Å²) in [6, 6.07) is 27.9. The van der Waals surface area contributed by atoms with E-state index in [2.05, 4.69) is 16.0 Å². The molecule has 3 amide bonds. The Morgan fingerprint density at radius 1 is 0.841 bits per heavy atom. The van der Waals surface area contributed by atoms with Gasteiger partial charge in [0.25, 0.3) is 11.8 Å². The van der Waals surface area contributed by atoms with Crippen LogP contribution in [0.3, 0.4) is 0 Å². The molecule has 10 heteroatoms. The molecule has 0 aliphatic carbocycles. The summed E-state index contributed by atoms with van der Waals surface area (Å²) >= 11 is 7.34. The Kier molecular flexibility index (Phi) is 11.5. The lowest BCUT2D eigenvalue weighted by atomic mass is 10.1. The van der Waals surface area contributed by atoms with Crippen LogP contribution in [0.4, 0.5) is 11.4 Å². The van der Waals surface area contributed by atoms with Gasteiger partial charge < -0.3 is 25.4 Å². The number of anilines is 2. The highest BCUT2D eigenvalue weighted by molar-refractivity contribution is 8.00. The number of halogens is 1. The van der Waals surface area contributed by atoms with E-state index in [0.29, 0.717) is 45.4 Å². The van der Waals surface area contributed by atoms with Crippen LogP contribution >= 0.6 is 23.4 Å². The second-order valence-electron chi connectivity index (χ2n) is 9.48. The first-order chi connectivity index (χ1) is 21.3. The van der Waals surface area contributed by atoms with Crippen molar-refractivity contribution in [3.05, 3.63) is 119 Å². The summed E-state index contributed by atoms with van der Waals surface area (Å²) in [6.07, 6.45) is 2.13. The Bertz CT molecular complexity index is 1640. The molecule has 0 bridgehead atoms. The number of amides is 3. The van der Waals surface area contributed by atoms with Crippen molar-refractivity contribution in [2.75, 3.05) is 24.9 Å². The highest BCUT2D eigenvalue weighted by Gasteiger charge is 2.20. The van der Waals surface area contributed by atoms with Gasteiger partial charge in [-0.3, -0.25) is 14.4 Å². The molecule has 4 aromatic rings. The Balaban J connectivity index is 1.54. The summed E-state index contributed by atoms with van der Waals surface area (Å²) in [5.41, 5.74) is 2.12. The Hall–Kier alpha value is -4.73. The first-order valence-corrected chi connectivity index (χ1v) is 15.0. The zero-order valence-electron chi connectivity index (χ0n) is 24.4. The zero-order chi connectivity index (χ0) is 31.5. The van der Waals surface area contributed by atoms with E-state index in [1.807, 2.05) is 13.0 Å². The van der Waals surface area contributed by atoms with Crippen LogP contribution in [0.15, 0.2) is 108 Å². The van der Waals surface area contributed by atoms with Crippen LogP contribution in [0.5, 0.6) is 11.5 Å². The quantitative estimate of drug-likeness (QED) is 0.112. The maximum absolute atomic E-state index is 13.6. The first-order valence-electron chi connectivity index (χ1n) is 13.7. The van der Waals surface area contributed by atoms with Gasteiger partial charge in [-0.25, -0.2) is 0 Å². The second-order valence-corrected chi connectivity index (χ2v) is 11.2. The number of thioether (sulfide) groups is 1. The minimum absolute atomic E-state index is 0.00848. The van der Waals surface area contributed by atoms with Crippen molar-refractivity contribution >= 4 is 58.5 Å². The van der Waals surface area contributed by atoms with Crippen LogP contribution in [-0.2, 0) is 9.59 Å². The predicted octanol–water partition coefficient (Wildman–Crippen LogP) is 7.28. The third-order valence-corrected chi connectivity index (χ3v) is 8.02. The molecule has 8 nitrogen and oxygen atoms in total. The van der Waals surface area contributed by atoms with E-state index >= 15 is 0 Å². The predicted molar refractivity (Wildman–Crippen MR) is 177 cm³/mol. The normalized spacial score (nSPS) is 11.7. The molecule has 0 radical (unpaired) electrons. The number of carbonyl (C=O) groups is 3. The number of hydrogen-bond acceptors (Lipinski definition) is 6. The van der Waals surface area contributed by atoms with Gasteiger partial charge in [-0.05, 0) is 79.2 Å². The molecule has 1 atom stereocenters. The van der Waals surface area contributed by atoms with Crippen LogP contribution in [-0.4, -0.2) is 37.2 Å². The van der Waals surface area contributed by atoms with Crippen molar-refractivity contribution in [2.45, 2.75) is 23.5 Å². The molecule has 4 rings (SSSR count). The number of carbonyl (C=O) groups excluding carboxylic acids is 3. The summed E-state index contributed by atoms with van der Waals surface area (Å²) in [4.78, 5) is 40.4. The number of hydrogen-bond donors (Lipinski definition) is 3. The molecule has 0 saturated carbocycles. The molecule has 1 unspecified atom stereocenters. The number of methoxy groups -OCH3 is 2. The molecule has 0 spiro atoms. The third-order valence-electron chi connectivity index (χ3n) is 6.41. The average molecular weight is 630 g/mol. The second kappa shape index (κ2) is 15.7. The Morgan fingerprint density at radius 3 is 2.27 bits per heavy atom. The maximum Gasteiger partial charge on any atom is 0.272 e. The van der Waals surface area contributed by atoms with E-state index in [0.717, 1.165) is 4.90 Å². The molecule has 226 valence electrons. The highest BCUT2D eigenvalue weighted by atomic mass is 35.5. The van der Waals surface area contributed by atoms with Crippen molar-refractivity contribution < 1.29 is 23.9 Å². The van der Waals surface area contributed by atoms with Gasteiger partial charge in [0.2, 0.25) is 5.91 Å². The summed E-state index contributed by atoms with van der Waals surface area (Å²) in [5.74, 6) is -0.0796. The number of rotatable bonds is 12. The summed E-state index contributed by atoms with van der Waals surface area (Å²) in [5, 5.41) is 8.74.